The Morgan fingerprint density at radius 3 is 2.60 bits per heavy atom. The van der Waals surface area contributed by atoms with Crippen LogP contribution in [-0.4, -0.2) is 11.6 Å². The molecule has 0 saturated heterocycles. The summed E-state index contributed by atoms with van der Waals surface area (Å²) in [6, 6.07) is 0. The Hall–Kier alpha value is -1.18. The number of allylic oxidation sites excluding steroid dienone is 4. The van der Waals surface area contributed by atoms with Crippen molar-refractivity contribution in [2.45, 2.75) is 13.3 Å². The molecule has 0 aliphatic heterocycles. The van der Waals surface area contributed by atoms with Crippen molar-refractivity contribution in [3.63, 3.8) is 0 Å². The van der Waals surface area contributed by atoms with E-state index in [1.165, 1.54) is 13.0 Å². The van der Waals surface area contributed by atoms with Crippen molar-refractivity contribution in [3.05, 3.63) is 23.8 Å². The lowest BCUT2D eigenvalue weighted by atomic mass is 10.0. The maximum Gasteiger partial charge on any atom is 0.159 e. The fraction of sp³-hybridized carbons (Fsp3) is 0.250. The molecular formula is C8H8O2. The van der Waals surface area contributed by atoms with Crippen molar-refractivity contribution in [3.8, 4) is 0 Å². The van der Waals surface area contributed by atoms with Crippen molar-refractivity contribution in [1.82, 2.24) is 0 Å². The smallest absolute Gasteiger partial charge is 0.159 e. The number of Topliss-reactive ketones (excluding diaryl/α,β-unsaturated/α-hetero) is 1. The molecule has 1 aliphatic carbocycles. The number of ketones is 2. The second-order valence-corrected chi connectivity index (χ2v) is 2.22. The lowest BCUT2D eigenvalue weighted by Gasteiger charge is -1.99. The van der Waals surface area contributed by atoms with Gasteiger partial charge >= 0.3 is 0 Å². The van der Waals surface area contributed by atoms with E-state index in [0.29, 0.717) is 12.0 Å². The van der Waals surface area contributed by atoms with Crippen molar-refractivity contribution in [1.29, 1.82) is 0 Å². The highest BCUT2D eigenvalue weighted by Gasteiger charge is 2.05. The first kappa shape index (κ1) is 6.93. The topological polar surface area (TPSA) is 34.1 Å². The molecule has 0 aromatic rings. The SMILES string of the molecule is CC(=O)C1=CCC(=O)C=C1. The molecule has 0 aromatic carbocycles. The van der Waals surface area contributed by atoms with Crippen LogP contribution in [0.15, 0.2) is 23.8 Å². The molecule has 0 radical (unpaired) electrons. The van der Waals surface area contributed by atoms with E-state index in [4.69, 9.17) is 0 Å². The zero-order chi connectivity index (χ0) is 7.56. The standard InChI is InChI=1S/C8H8O2/c1-6(9)7-2-4-8(10)5-3-7/h2-4H,5H2,1H3. The third-order valence-corrected chi connectivity index (χ3v) is 1.38. The summed E-state index contributed by atoms with van der Waals surface area (Å²) in [5.41, 5.74) is 0.639. The summed E-state index contributed by atoms with van der Waals surface area (Å²) in [7, 11) is 0. The van der Waals surface area contributed by atoms with E-state index in [-0.39, 0.29) is 11.6 Å². The van der Waals surface area contributed by atoms with Crippen molar-refractivity contribution in [2.24, 2.45) is 0 Å². The molecular weight excluding hydrogens is 128 g/mol. The third-order valence-electron chi connectivity index (χ3n) is 1.38. The second-order valence-electron chi connectivity index (χ2n) is 2.22. The molecule has 2 heteroatoms. The summed E-state index contributed by atoms with van der Waals surface area (Å²) >= 11 is 0. The lowest BCUT2D eigenvalue weighted by Crippen LogP contribution is -2.01. The van der Waals surface area contributed by atoms with Gasteiger partial charge in [-0.3, -0.25) is 9.59 Å². The molecule has 10 heavy (non-hydrogen) atoms. The number of carbonyl (C=O) groups excluding carboxylic acids is 2. The summed E-state index contributed by atoms with van der Waals surface area (Å²) in [4.78, 5) is 21.3. The Kier molecular flexibility index (Phi) is 1.81. The number of hydrogen-bond donors (Lipinski definition) is 0. The van der Waals surface area contributed by atoms with Gasteiger partial charge in [0.15, 0.2) is 11.6 Å². The zero-order valence-corrected chi connectivity index (χ0v) is 5.76. The van der Waals surface area contributed by atoms with E-state index in [1.807, 2.05) is 0 Å². The van der Waals surface area contributed by atoms with Crippen LogP contribution in [0.25, 0.3) is 0 Å². The summed E-state index contributed by atoms with van der Waals surface area (Å²) in [6.07, 6.45) is 5.03. The van der Waals surface area contributed by atoms with Gasteiger partial charge in [-0.1, -0.05) is 6.08 Å². The lowest BCUT2D eigenvalue weighted by molar-refractivity contribution is -0.114. The first-order valence-electron chi connectivity index (χ1n) is 3.12. The molecule has 0 saturated carbocycles. The summed E-state index contributed by atoms with van der Waals surface area (Å²) in [5.74, 6) is 0.0775. The molecule has 0 N–H and O–H groups in total. The molecule has 0 aromatic heterocycles. The van der Waals surface area contributed by atoms with Gasteiger partial charge < -0.3 is 0 Å². The van der Waals surface area contributed by atoms with Crippen LogP contribution in [0.3, 0.4) is 0 Å². The maximum atomic E-state index is 10.7. The third kappa shape index (κ3) is 1.41. The van der Waals surface area contributed by atoms with Gasteiger partial charge in [0, 0.05) is 12.0 Å². The van der Waals surface area contributed by atoms with Gasteiger partial charge in [0.25, 0.3) is 0 Å². The van der Waals surface area contributed by atoms with Crippen LogP contribution in [0.1, 0.15) is 13.3 Å². The zero-order valence-electron chi connectivity index (χ0n) is 5.76. The van der Waals surface area contributed by atoms with Gasteiger partial charge in [-0.15, -0.1) is 0 Å². The van der Waals surface area contributed by atoms with Crippen LogP contribution < -0.4 is 0 Å². The Bertz CT molecular complexity index is 234. The summed E-state index contributed by atoms with van der Waals surface area (Å²) in [6.45, 7) is 1.49. The van der Waals surface area contributed by atoms with Crippen molar-refractivity contribution >= 4 is 11.6 Å². The Morgan fingerprint density at radius 1 is 1.50 bits per heavy atom. The van der Waals surface area contributed by atoms with E-state index in [2.05, 4.69) is 0 Å². The monoisotopic (exact) mass is 136 g/mol. The van der Waals surface area contributed by atoms with Crippen LogP contribution in [-0.2, 0) is 9.59 Å². The molecule has 0 amide bonds. The molecule has 1 aliphatic rings. The Morgan fingerprint density at radius 2 is 2.20 bits per heavy atom. The Balaban J connectivity index is 2.77. The largest absolute Gasteiger partial charge is 0.295 e. The van der Waals surface area contributed by atoms with Gasteiger partial charge in [0.05, 0.1) is 0 Å². The minimum Gasteiger partial charge on any atom is -0.295 e. The fourth-order valence-electron chi connectivity index (χ4n) is 0.790. The highest BCUT2D eigenvalue weighted by Crippen LogP contribution is 2.07. The van der Waals surface area contributed by atoms with Crippen LogP contribution >= 0.6 is 0 Å². The van der Waals surface area contributed by atoms with Crippen LogP contribution in [0.2, 0.25) is 0 Å². The second kappa shape index (κ2) is 2.60. The molecule has 52 valence electrons. The fourth-order valence-corrected chi connectivity index (χ4v) is 0.790. The van der Waals surface area contributed by atoms with E-state index in [0.717, 1.165) is 0 Å². The minimum absolute atomic E-state index is 0.0174. The molecule has 0 fully saturated rings. The van der Waals surface area contributed by atoms with Crippen LogP contribution in [0.4, 0.5) is 0 Å². The summed E-state index contributed by atoms with van der Waals surface area (Å²) < 4.78 is 0. The molecule has 0 heterocycles. The number of rotatable bonds is 1. The van der Waals surface area contributed by atoms with E-state index < -0.39 is 0 Å². The molecule has 0 atom stereocenters. The number of hydrogen-bond acceptors (Lipinski definition) is 2. The maximum absolute atomic E-state index is 10.7. The van der Waals surface area contributed by atoms with Gasteiger partial charge in [-0.25, -0.2) is 0 Å². The molecule has 1 rings (SSSR count). The predicted octanol–water partition coefficient (Wildman–Crippen LogP) is 1.03. The van der Waals surface area contributed by atoms with E-state index >= 15 is 0 Å². The van der Waals surface area contributed by atoms with Crippen molar-refractivity contribution < 1.29 is 9.59 Å². The van der Waals surface area contributed by atoms with Crippen LogP contribution in [0.5, 0.6) is 0 Å². The van der Waals surface area contributed by atoms with Gasteiger partial charge in [0.2, 0.25) is 0 Å². The highest BCUT2D eigenvalue weighted by molar-refractivity contribution is 6.02. The average molecular weight is 136 g/mol. The normalized spacial score (nSPS) is 16.9. The quantitative estimate of drug-likeness (QED) is 0.539. The molecule has 0 unspecified atom stereocenters. The van der Waals surface area contributed by atoms with Crippen LogP contribution in [0, 0.1) is 0 Å². The first-order valence-corrected chi connectivity index (χ1v) is 3.12. The van der Waals surface area contributed by atoms with Gasteiger partial charge in [-0.05, 0) is 19.1 Å². The van der Waals surface area contributed by atoms with E-state index in [9.17, 15) is 9.59 Å². The van der Waals surface area contributed by atoms with E-state index in [1.54, 1.807) is 12.2 Å². The first-order chi connectivity index (χ1) is 4.70. The molecule has 2 nitrogen and oxygen atoms in total. The highest BCUT2D eigenvalue weighted by atomic mass is 16.1. The number of carbonyl (C=O) groups is 2. The predicted molar refractivity (Wildman–Crippen MR) is 37.5 cm³/mol. The summed E-state index contributed by atoms with van der Waals surface area (Å²) in [5, 5.41) is 0. The Labute approximate surface area is 59.2 Å². The molecule has 0 spiro atoms. The van der Waals surface area contributed by atoms with Crippen molar-refractivity contribution in [2.75, 3.05) is 0 Å². The van der Waals surface area contributed by atoms with Gasteiger partial charge in [-0.2, -0.15) is 0 Å². The molecule has 0 bridgehead atoms. The van der Waals surface area contributed by atoms with Gasteiger partial charge in [0.1, 0.15) is 0 Å². The minimum atomic E-state index is 0.0174. The average Bonchev–Trinajstić information content (AvgIpc) is 1.88.